The molecule has 2 unspecified atom stereocenters. The van der Waals surface area contributed by atoms with Gasteiger partial charge in [-0.05, 0) is 31.1 Å². The summed E-state index contributed by atoms with van der Waals surface area (Å²) in [6.07, 6.45) is 2.29. The minimum absolute atomic E-state index is 0.0848. The summed E-state index contributed by atoms with van der Waals surface area (Å²) in [5.41, 5.74) is 5.81. The summed E-state index contributed by atoms with van der Waals surface area (Å²) in [4.78, 5) is 36.0. The van der Waals surface area contributed by atoms with Gasteiger partial charge in [0, 0.05) is 12.5 Å². The summed E-state index contributed by atoms with van der Waals surface area (Å²) >= 11 is 0. The molecule has 132 valence electrons. The Morgan fingerprint density at radius 2 is 2.09 bits per heavy atom. The van der Waals surface area contributed by atoms with Gasteiger partial charge in [-0.2, -0.15) is 0 Å². The van der Waals surface area contributed by atoms with E-state index in [0.29, 0.717) is 19.4 Å². The first-order chi connectivity index (χ1) is 10.6. The van der Waals surface area contributed by atoms with Gasteiger partial charge in [0.1, 0.15) is 6.04 Å². The maximum atomic E-state index is 12.2. The third-order valence-electron chi connectivity index (χ3n) is 3.89. The Labute approximate surface area is 137 Å². The lowest BCUT2D eigenvalue weighted by Gasteiger charge is -2.27. The monoisotopic (exact) mass is 327 g/mol. The van der Waals surface area contributed by atoms with E-state index >= 15 is 0 Å². The number of carbonyl (C=O) groups excluding carboxylic acids is 3. The number of rotatable bonds is 6. The van der Waals surface area contributed by atoms with E-state index in [4.69, 9.17) is 10.5 Å². The van der Waals surface area contributed by atoms with Crippen molar-refractivity contribution in [3.05, 3.63) is 0 Å². The molecule has 0 aromatic rings. The highest BCUT2D eigenvalue weighted by molar-refractivity contribution is 5.88. The number of methoxy groups -OCH3 is 1. The summed E-state index contributed by atoms with van der Waals surface area (Å²) in [5.74, 6) is -1.34. The van der Waals surface area contributed by atoms with E-state index in [-0.39, 0.29) is 23.7 Å². The van der Waals surface area contributed by atoms with Gasteiger partial charge in [0.25, 0.3) is 0 Å². The van der Waals surface area contributed by atoms with Gasteiger partial charge in [0.05, 0.1) is 13.2 Å². The van der Waals surface area contributed by atoms with E-state index in [2.05, 4.69) is 10.6 Å². The Hall–Kier alpha value is -1.63. The Balaban J connectivity index is 2.69. The van der Waals surface area contributed by atoms with Gasteiger partial charge in [-0.25, -0.2) is 4.79 Å². The highest BCUT2D eigenvalue weighted by Gasteiger charge is 2.32. The molecule has 0 aromatic heterocycles. The van der Waals surface area contributed by atoms with Crippen molar-refractivity contribution in [3.8, 4) is 0 Å². The minimum Gasteiger partial charge on any atom is -0.467 e. The summed E-state index contributed by atoms with van der Waals surface area (Å²) in [5, 5.41) is 5.41. The van der Waals surface area contributed by atoms with Crippen LogP contribution in [0.2, 0.25) is 0 Å². The second-order valence-corrected chi connectivity index (χ2v) is 7.32. The second-order valence-electron chi connectivity index (χ2n) is 7.32. The standard InChI is InChI=1S/C16H29N3O4/c1-16(2,3)9-11(17)14(21)19-12(15(22)23-4)8-10-6-5-7-18-13(10)20/h10-12H,5-9,17H2,1-4H3,(H,18,20)(H,19,21)/t10-,11?,12?/m0/s1. The molecule has 0 saturated carbocycles. The summed E-state index contributed by atoms with van der Waals surface area (Å²) in [6.45, 7) is 6.62. The van der Waals surface area contributed by atoms with Crippen molar-refractivity contribution in [2.45, 2.75) is 58.5 Å². The summed E-state index contributed by atoms with van der Waals surface area (Å²) in [7, 11) is 1.26. The first-order valence-electron chi connectivity index (χ1n) is 8.05. The molecule has 1 saturated heterocycles. The molecule has 4 N–H and O–H groups in total. The van der Waals surface area contributed by atoms with Gasteiger partial charge in [0.15, 0.2) is 0 Å². The number of nitrogens with two attached hydrogens (primary N) is 1. The highest BCUT2D eigenvalue weighted by atomic mass is 16.5. The molecule has 23 heavy (non-hydrogen) atoms. The molecule has 0 aliphatic carbocycles. The molecule has 1 rings (SSSR count). The number of hydrogen-bond donors (Lipinski definition) is 3. The first-order valence-corrected chi connectivity index (χ1v) is 8.05. The van der Waals surface area contributed by atoms with E-state index in [1.165, 1.54) is 7.11 Å². The van der Waals surface area contributed by atoms with E-state index in [9.17, 15) is 14.4 Å². The fourth-order valence-corrected chi connectivity index (χ4v) is 2.73. The van der Waals surface area contributed by atoms with Crippen molar-refractivity contribution >= 4 is 17.8 Å². The van der Waals surface area contributed by atoms with Gasteiger partial charge >= 0.3 is 5.97 Å². The topological polar surface area (TPSA) is 111 Å². The molecule has 0 spiro atoms. The van der Waals surface area contributed by atoms with E-state index < -0.39 is 24.0 Å². The number of ether oxygens (including phenoxy) is 1. The predicted molar refractivity (Wildman–Crippen MR) is 86.3 cm³/mol. The van der Waals surface area contributed by atoms with Gasteiger partial charge in [-0.3, -0.25) is 9.59 Å². The number of esters is 1. The van der Waals surface area contributed by atoms with Gasteiger partial charge in [0.2, 0.25) is 11.8 Å². The summed E-state index contributed by atoms with van der Waals surface area (Å²) in [6, 6.07) is -1.56. The molecular formula is C16H29N3O4. The summed E-state index contributed by atoms with van der Waals surface area (Å²) < 4.78 is 4.74. The molecule has 7 nitrogen and oxygen atoms in total. The molecule has 1 aliphatic rings. The zero-order chi connectivity index (χ0) is 17.6. The normalized spacial score (nSPS) is 21.1. The lowest BCUT2D eigenvalue weighted by molar-refractivity contribution is -0.146. The van der Waals surface area contributed by atoms with Crippen LogP contribution in [0.4, 0.5) is 0 Å². The van der Waals surface area contributed by atoms with Crippen LogP contribution in [0, 0.1) is 11.3 Å². The lowest BCUT2D eigenvalue weighted by atomic mass is 9.87. The quantitative estimate of drug-likeness (QED) is 0.609. The van der Waals surface area contributed by atoms with E-state index in [1.54, 1.807) is 0 Å². The predicted octanol–water partition coefficient (Wildman–Crippen LogP) is 0.324. The smallest absolute Gasteiger partial charge is 0.328 e. The minimum atomic E-state index is -0.854. The molecular weight excluding hydrogens is 298 g/mol. The maximum absolute atomic E-state index is 12.2. The Morgan fingerprint density at radius 3 is 2.61 bits per heavy atom. The molecule has 3 atom stereocenters. The van der Waals surface area contributed by atoms with Crippen molar-refractivity contribution in [3.63, 3.8) is 0 Å². The van der Waals surface area contributed by atoms with Gasteiger partial charge in [-0.15, -0.1) is 0 Å². The lowest BCUT2D eigenvalue weighted by Crippen LogP contribution is -2.51. The zero-order valence-corrected chi connectivity index (χ0v) is 14.5. The van der Waals surface area contributed by atoms with Crippen LogP contribution in [0.5, 0.6) is 0 Å². The number of piperidine rings is 1. The van der Waals surface area contributed by atoms with Crippen LogP contribution in [0.3, 0.4) is 0 Å². The van der Waals surface area contributed by atoms with Crippen LogP contribution in [-0.4, -0.2) is 43.5 Å². The van der Waals surface area contributed by atoms with E-state index in [1.807, 2.05) is 20.8 Å². The average molecular weight is 327 g/mol. The number of carbonyl (C=O) groups is 3. The van der Waals surface area contributed by atoms with Crippen molar-refractivity contribution in [1.29, 1.82) is 0 Å². The molecule has 1 fully saturated rings. The highest BCUT2D eigenvalue weighted by Crippen LogP contribution is 2.21. The Bertz CT molecular complexity index is 445. The molecule has 0 bridgehead atoms. The van der Waals surface area contributed by atoms with Crippen molar-refractivity contribution in [2.24, 2.45) is 17.1 Å². The molecule has 0 radical (unpaired) electrons. The van der Waals surface area contributed by atoms with Gasteiger partial charge in [-0.1, -0.05) is 20.8 Å². The zero-order valence-electron chi connectivity index (χ0n) is 14.5. The van der Waals surface area contributed by atoms with Crippen LogP contribution in [0.25, 0.3) is 0 Å². The maximum Gasteiger partial charge on any atom is 0.328 e. The molecule has 1 aliphatic heterocycles. The Kier molecular flexibility index (Phi) is 7.00. The third kappa shape index (κ3) is 6.56. The third-order valence-corrected chi connectivity index (χ3v) is 3.89. The SMILES string of the molecule is COC(=O)C(C[C@@H]1CCCNC1=O)NC(=O)C(N)CC(C)(C)C. The van der Waals surface area contributed by atoms with Crippen LogP contribution in [0.15, 0.2) is 0 Å². The fourth-order valence-electron chi connectivity index (χ4n) is 2.73. The van der Waals surface area contributed by atoms with Crippen molar-refractivity contribution in [1.82, 2.24) is 10.6 Å². The molecule has 2 amide bonds. The average Bonchev–Trinajstić information content (AvgIpc) is 2.46. The molecule has 7 heteroatoms. The number of hydrogen-bond acceptors (Lipinski definition) is 5. The van der Waals surface area contributed by atoms with Crippen molar-refractivity contribution in [2.75, 3.05) is 13.7 Å². The van der Waals surface area contributed by atoms with Crippen LogP contribution >= 0.6 is 0 Å². The fraction of sp³-hybridized carbons (Fsp3) is 0.812. The van der Waals surface area contributed by atoms with Crippen LogP contribution in [0.1, 0.15) is 46.5 Å². The van der Waals surface area contributed by atoms with Crippen LogP contribution < -0.4 is 16.4 Å². The largest absolute Gasteiger partial charge is 0.467 e. The number of amides is 2. The van der Waals surface area contributed by atoms with Crippen molar-refractivity contribution < 1.29 is 19.1 Å². The Morgan fingerprint density at radius 1 is 1.43 bits per heavy atom. The first kappa shape index (κ1) is 19.4. The molecule has 0 aromatic carbocycles. The van der Waals surface area contributed by atoms with E-state index in [0.717, 1.165) is 6.42 Å². The van der Waals surface area contributed by atoms with Crippen LogP contribution in [-0.2, 0) is 19.1 Å². The van der Waals surface area contributed by atoms with Gasteiger partial charge < -0.3 is 21.1 Å². The molecule has 1 heterocycles. The number of nitrogens with one attached hydrogen (secondary N) is 2. The second kappa shape index (κ2) is 8.29.